The Morgan fingerprint density at radius 2 is 2.27 bits per heavy atom. The summed E-state index contributed by atoms with van der Waals surface area (Å²) in [6.07, 6.45) is 5.83. The van der Waals surface area contributed by atoms with Gasteiger partial charge >= 0.3 is 0 Å². The van der Waals surface area contributed by atoms with E-state index in [0.717, 1.165) is 5.82 Å². The third kappa shape index (κ3) is 1.39. The zero-order valence-corrected chi connectivity index (χ0v) is 8.89. The largest absolute Gasteiger partial charge is 0.299 e. The van der Waals surface area contributed by atoms with Crippen LogP contribution < -0.4 is 0 Å². The van der Waals surface area contributed by atoms with Crippen LogP contribution in [0.4, 0.5) is 0 Å². The minimum atomic E-state index is 0.357. The van der Waals surface area contributed by atoms with E-state index in [1.54, 1.807) is 4.68 Å². The van der Waals surface area contributed by atoms with E-state index in [0.29, 0.717) is 30.0 Å². The van der Waals surface area contributed by atoms with Gasteiger partial charge in [-0.3, -0.25) is 9.48 Å². The molecular formula is C11H15N3O. The van der Waals surface area contributed by atoms with Crippen molar-refractivity contribution < 1.29 is 4.79 Å². The van der Waals surface area contributed by atoms with E-state index < -0.39 is 0 Å². The summed E-state index contributed by atoms with van der Waals surface area (Å²) in [5, 5.41) is 3.97. The Morgan fingerprint density at radius 3 is 2.87 bits per heavy atom. The molecule has 0 amide bonds. The molecule has 1 aromatic rings. The second-order valence-corrected chi connectivity index (χ2v) is 4.73. The van der Waals surface area contributed by atoms with Crippen LogP contribution in [0.2, 0.25) is 0 Å². The first-order chi connectivity index (χ1) is 7.27. The lowest BCUT2D eigenvalue weighted by molar-refractivity contribution is -0.120. The van der Waals surface area contributed by atoms with E-state index in [1.165, 1.54) is 25.6 Å². The number of Topliss-reactive ketones (excluding diaryl/α,β-unsaturated/α-hetero) is 1. The maximum absolute atomic E-state index is 12.0. The number of rotatable bonds is 3. The van der Waals surface area contributed by atoms with E-state index in [2.05, 4.69) is 10.1 Å². The first-order valence-electron chi connectivity index (χ1n) is 5.63. The van der Waals surface area contributed by atoms with Gasteiger partial charge in [-0.15, -0.1) is 0 Å². The first kappa shape index (κ1) is 9.07. The van der Waals surface area contributed by atoms with Crippen molar-refractivity contribution >= 4 is 5.78 Å². The predicted octanol–water partition coefficient (Wildman–Crippen LogP) is 0.973. The SMILES string of the molecule is Cn1ncnc1CC(=O)C1C2CCCC21. The van der Waals surface area contributed by atoms with E-state index in [-0.39, 0.29) is 0 Å². The smallest absolute Gasteiger partial charge is 0.144 e. The highest BCUT2D eigenvalue weighted by atomic mass is 16.1. The van der Waals surface area contributed by atoms with E-state index in [4.69, 9.17) is 0 Å². The molecule has 4 heteroatoms. The van der Waals surface area contributed by atoms with Crippen LogP contribution in [0, 0.1) is 17.8 Å². The average Bonchev–Trinajstić information content (AvgIpc) is 2.60. The summed E-state index contributed by atoms with van der Waals surface area (Å²) < 4.78 is 1.69. The van der Waals surface area contributed by atoms with Crippen LogP contribution in [-0.4, -0.2) is 20.5 Å². The summed E-state index contributed by atoms with van der Waals surface area (Å²) in [6, 6.07) is 0. The molecule has 1 aromatic heterocycles. The fraction of sp³-hybridized carbons (Fsp3) is 0.727. The minimum Gasteiger partial charge on any atom is -0.299 e. The van der Waals surface area contributed by atoms with Gasteiger partial charge < -0.3 is 0 Å². The molecule has 1 heterocycles. The van der Waals surface area contributed by atoms with E-state index in [9.17, 15) is 4.79 Å². The highest BCUT2D eigenvalue weighted by molar-refractivity contribution is 5.86. The number of ketones is 1. The van der Waals surface area contributed by atoms with Gasteiger partial charge in [0.2, 0.25) is 0 Å². The molecule has 0 N–H and O–H groups in total. The van der Waals surface area contributed by atoms with Crippen molar-refractivity contribution in [2.24, 2.45) is 24.8 Å². The molecule has 0 aliphatic heterocycles. The Morgan fingerprint density at radius 1 is 1.53 bits per heavy atom. The monoisotopic (exact) mass is 205 g/mol. The van der Waals surface area contributed by atoms with Gasteiger partial charge in [-0.25, -0.2) is 4.98 Å². The summed E-state index contributed by atoms with van der Waals surface area (Å²) >= 11 is 0. The molecule has 0 bridgehead atoms. The molecule has 0 radical (unpaired) electrons. The Kier molecular flexibility index (Phi) is 1.90. The molecule has 0 saturated heterocycles. The van der Waals surface area contributed by atoms with Crippen LogP contribution >= 0.6 is 0 Å². The van der Waals surface area contributed by atoms with Crippen molar-refractivity contribution in [2.75, 3.05) is 0 Å². The van der Waals surface area contributed by atoms with Crippen molar-refractivity contribution in [2.45, 2.75) is 25.7 Å². The molecule has 15 heavy (non-hydrogen) atoms. The fourth-order valence-corrected chi connectivity index (χ4v) is 3.05. The minimum absolute atomic E-state index is 0.357. The van der Waals surface area contributed by atoms with Crippen LogP contribution in [-0.2, 0) is 18.3 Å². The van der Waals surface area contributed by atoms with Crippen LogP contribution in [0.5, 0.6) is 0 Å². The van der Waals surface area contributed by atoms with E-state index >= 15 is 0 Å². The summed E-state index contributed by atoms with van der Waals surface area (Å²) in [6.45, 7) is 0. The van der Waals surface area contributed by atoms with E-state index in [1.807, 2.05) is 7.05 Å². The number of aromatic nitrogens is 3. The lowest BCUT2D eigenvalue weighted by Crippen LogP contribution is -2.12. The molecule has 2 unspecified atom stereocenters. The topological polar surface area (TPSA) is 47.8 Å². The van der Waals surface area contributed by atoms with Gasteiger partial charge in [-0.1, -0.05) is 6.42 Å². The van der Waals surface area contributed by atoms with Crippen LogP contribution in [0.25, 0.3) is 0 Å². The molecule has 80 valence electrons. The second-order valence-electron chi connectivity index (χ2n) is 4.73. The van der Waals surface area contributed by atoms with Crippen LogP contribution in [0.15, 0.2) is 6.33 Å². The van der Waals surface area contributed by atoms with Crippen molar-refractivity contribution in [1.29, 1.82) is 0 Å². The van der Waals surface area contributed by atoms with Gasteiger partial charge in [-0.2, -0.15) is 5.10 Å². The molecule has 2 aliphatic rings. The van der Waals surface area contributed by atoms with Gasteiger partial charge in [0.25, 0.3) is 0 Å². The summed E-state index contributed by atoms with van der Waals surface area (Å²) in [5.74, 6) is 2.96. The molecule has 2 atom stereocenters. The van der Waals surface area contributed by atoms with Crippen LogP contribution in [0.3, 0.4) is 0 Å². The molecule has 2 saturated carbocycles. The van der Waals surface area contributed by atoms with Gasteiger partial charge in [-0.05, 0) is 24.7 Å². The number of hydrogen-bond donors (Lipinski definition) is 0. The summed E-state index contributed by atoms with van der Waals surface area (Å²) in [7, 11) is 1.84. The highest BCUT2D eigenvalue weighted by Gasteiger charge is 2.55. The molecule has 3 rings (SSSR count). The van der Waals surface area contributed by atoms with Gasteiger partial charge in [0.15, 0.2) is 0 Å². The average molecular weight is 205 g/mol. The lowest BCUT2D eigenvalue weighted by atomic mass is 10.1. The molecule has 4 nitrogen and oxygen atoms in total. The first-order valence-corrected chi connectivity index (χ1v) is 5.63. The van der Waals surface area contributed by atoms with Crippen molar-refractivity contribution in [1.82, 2.24) is 14.8 Å². The lowest BCUT2D eigenvalue weighted by Gasteiger charge is -2.02. The van der Waals surface area contributed by atoms with Gasteiger partial charge in [0.05, 0.1) is 6.42 Å². The number of fused-ring (bicyclic) bond motifs is 1. The summed E-state index contributed by atoms with van der Waals surface area (Å²) in [4.78, 5) is 16.0. The summed E-state index contributed by atoms with van der Waals surface area (Å²) in [5.41, 5.74) is 0. The van der Waals surface area contributed by atoms with Crippen LogP contribution in [0.1, 0.15) is 25.1 Å². The zero-order valence-electron chi connectivity index (χ0n) is 8.89. The molecular weight excluding hydrogens is 190 g/mol. The molecule has 0 aromatic carbocycles. The van der Waals surface area contributed by atoms with Crippen molar-refractivity contribution in [3.63, 3.8) is 0 Å². The Bertz CT molecular complexity index is 388. The normalized spacial score (nSPS) is 32.7. The number of aryl methyl sites for hydroxylation is 1. The maximum atomic E-state index is 12.0. The predicted molar refractivity (Wildman–Crippen MR) is 54.0 cm³/mol. The highest BCUT2D eigenvalue weighted by Crippen LogP contribution is 2.57. The third-order valence-electron chi connectivity index (χ3n) is 3.92. The molecule has 0 spiro atoms. The zero-order chi connectivity index (χ0) is 10.4. The Hall–Kier alpha value is -1.19. The Balaban J connectivity index is 1.65. The van der Waals surface area contributed by atoms with Crippen molar-refractivity contribution in [3.05, 3.63) is 12.2 Å². The van der Waals surface area contributed by atoms with Crippen molar-refractivity contribution in [3.8, 4) is 0 Å². The number of hydrogen-bond acceptors (Lipinski definition) is 3. The second kappa shape index (κ2) is 3.15. The standard InChI is InChI=1S/C11H15N3O/c1-14-10(12-6-13-14)5-9(15)11-7-3-2-4-8(7)11/h6-8,11H,2-5H2,1H3. The quantitative estimate of drug-likeness (QED) is 0.738. The van der Waals surface area contributed by atoms with Gasteiger partial charge in [0.1, 0.15) is 17.9 Å². The molecule has 2 aliphatic carbocycles. The maximum Gasteiger partial charge on any atom is 0.144 e. The number of nitrogens with zero attached hydrogens (tertiary/aromatic N) is 3. The Labute approximate surface area is 88.7 Å². The fourth-order valence-electron chi connectivity index (χ4n) is 3.05. The number of carbonyl (C=O) groups excluding carboxylic acids is 1. The number of carbonyl (C=O) groups is 1. The third-order valence-corrected chi connectivity index (χ3v) is 3.92. The van der Waals surface area contributed by atoms with Gasteiger partial charge in [0, 0.05) is 13.0 Å². The molecule has 2 fully saturated rings.